The Labute approximate surface area is 52.6 Å². The molecule has 0 unspecified atom stereocenters. The van der Waals surface area contributed by atoms with Crippen LogP contribution in [0.2, 0.25) is 0 Å². The molecule has 0 spiro atoms. The highest BCUT2D eigenvalue weighted by Gasteiger charge is 1.84. The van der Waals surface area contributed by atoms with Gasteiger partial charge in [-0.05, 0) is 6.42 Å². The maximum absolute atomic E-state index is 9.82. The summed E-state index contributed by atoms with van der Waals surface area (Å²) in [5.74, 6) is -0.211. The summed E-state index contributed by atoms with van der Waals surface area (Å²) >= 11 is 0. The van der Waals surface area contributed by atoms with Crippen molar-refractivity contribution in [2.45, 2.75) is 33.6 Å². The molecule has 0 heterocycles. The van der Waals surface area contributed by atoms with Crippen LogP contribution in [0.5, 0.6) is 0 Å². The van der Waals surface area contributed by atoms with E-state index in [0.29, 0.717) is 6.42 Å². The van der Waals surface area contributed by atoms with E-state index in [1.807, 2.05) is 20.8 Å². The molecule has 52 valence electrons. The van der Waals surface area contributed by atoms with Crippen LogP contribution >= 0.6 is 0 Å². The molecule has 1 amide bonds. The highest BCUT2D eigenvalue weighted by atomic mass is 16.1. The number of primary amides is 1. The first-order valence-electron chi connectivity index (χ1n) is 3.05. The number of nitrogens with two attached hydrogens (primary N) is 1. The average Bonchev–Trinajstić information content (AvgIpc) is 1.72. The standard InChI is InChI=1S/C4H9NO.C2H6.H2/c1-2-3-4(5)6;1-2;/h2-3H2,1H3,(H2,5,6);1-2H3;1H. The molecular formula is C6H17NO. The Morgan fingerprint density at radius 3 is 2.00 bits per heavy atom. The maximum Gasteiger partial charge on any atom is 0.217 e. The minimum absolute atomic E-state index is 0. The predicted molar refractivity (Wildman–Crippen MR) is 37.6 cm³/mol. The van der Waals surface area contributed by atoms with Crippen molar-refractivity contribution in [3.63, 3.8) is 0 Å². The SMILES string of the molecule is CC.CCCC(N)=O.[HH]. The lowest BCUT2D eigenvalue weighted by atomic mass is 10.3. The van der Waals surface area contributed by atoms with Crippen molar-refractivity contribution in [3.8, 4) is 0 Å². The summed E-state index contributed by atoms with van der Waals surface area (Å²) in [6, 6.07) is 0. The summed E-state index contributed by atoms with van der Waals surface area (Å²) in [5, 5.41) is 0. The Balaban J connectivity index is -0.000000109. The monoisotopic (exact) mass is 119 g/mol. The van der Waals surface area contributed by atoms with E-state index >= 15 is 0 Å². The molecule has 8 heavy (non-hydrogen) atoms. The summed E-state index contributed by atoms with van der Waals surface area (Å²) in [6.45, 7) is 5.92. The Morgan fingerprint density at radius 1 is 1.62 bits per heavy atom. The molecule has 0 aliphatic carbocycles. The number of rotatable bonds is 2. The first-order chi connectivity index (χ1) is 3.77. The first-order valence-corrected chi connectivity index (χ1v) is 3.05. The minimum Gasteiger partial charge on any atom is -0.370 e. The molecule has 0 rings (SSSR count). The number of carbonyl (C=O) groups is 1. The highest BCUT2D eigenvalue weighted by Crippen LogP contribution is 1.79. The van der Waals surface area contributed by atoms with Crippen molar-refractivity contribution >= 4 is 5.91 Å². The molecular weight excluding hydrogens is 102 g/mol. The molecule has 0 radical (unpaired) electrons. The summed E-state index contributed by atoms with van der Waals surface area (Å²) in [4.78, 5) is 9.82. The topological polar surface area (TPSA) is 43.1 Å². The summed E-state index contributed by atoms with van der Waals surface area (Å²) < 4.78 is 0. The fourth-order valence-electron chi connectivity index (χ4n) is 0.246. The second kappa shape index (κ2) is 9.69. The molecule has 0 aromatic rings. The molecule has 0 fully saturated rings. The third kappa shape index (κ3) is 17.9. The van der Waals surface area contributed by atoms with Crippen LogP contribution in [0.25, 0.3) is 0 Å². The lowest BCUT2D eigenvalue weighted by molar-refractivity contribution is -0.118. The van der Waals surface area contributed by atoms with E-state index < -0.39 is 0 Å². The van der Waals surface area contributed by atoms with E-state index in [0.717, 1.165) is 6.42 Å². The third-order valence-electron chi connectivity index (χ3n) is 0.496. The molecule has 0 aromatic heterocycles. The average molecular weight is 119 g/mol. The van der Waals surface area contributed by atoms with Gasteiger partial charge in [0.1, 0.15) is 0 Å². The molecule has 0 atom stereocenters. The molecule has 0 bridgehead atoms. The van der Waals surface area contributed by atoms with E-state index in [4.69, 9.17) is 5.73 Å². The van der Waals surface area contributed by atoms with Crippen molar-refractivity contribution in [1.82, 2.24) is 0 Å². The highest BCUT2D eigenvalue weighted by molar-refractivity contribution is 5.73. The number of hydrogen-bond acceptors (Lipinski definition) is 1. The van der Waals surface area contributed by atoms with Gasteiger partial charge in [0.05, 0.1) is 0 Å². The van der Waals surface area contributed by atoms with Gasteiger partial charge in [-0.2, -0.15) is 0 Å². The van der Waals surface area contributed by atoms with Crippen molar-refractivity contribution in [2.75, 3.05) is 0 Å². The Morgan fingerprint density at radius 2 is 2.00 bits per heavy atom. The Hall–Kier alpha value is -0.530. The summed E-state index contributed by atoms with van der Waals surface area (Å²) in [6.07, 6.45) is 1.37. The molecule has 0 aliphatic rings. The normalized spacial score (nSPS) is 6.88. The van der Waals surface area contributed by atoms with Gasteiger partial charge in [-0.1, -0.05) is 20.8 Å². The van der Waals surface area contributed by atoms with Crippen LogP contribution in [0, 0.1) is 0 Å². The fourth-order valence-corrected chi connectivity index (χ4v) is 0.246. The van der Waals surface area contributed by atoms with Crippen LogP contribution in [0.1, 0.15) is 35.0 Å². The van der Waals surface area contributed by atoms with Gasteiger partial charge >= 0.3 is 0 Å². The summed E-state index contributed by atoms with van der Waals surface area (Å²) in [7, 11) is 0. The second-order valence-electron chi connectivity index (χ2n) is 1.22. The molecule has 0 aliphatic heterocycles. The zero-order valence-electron chi connectivity index (χ0n) is 5.90. The van der Waals surface area contributed by atoms with E-state index in [9.17, 15) is 4.79 Å². The minimum atomic E-state index is -0.211. The Bertz CT molecular complexity index is 57.0. The lowest BCUT2D eigenvalue weighted by Crippen LogP contribution is -2.08. The molecule has 2 nitrogen and oxygen atoms in total. The Kier molecular flexibility index (Phi) is 12.7. The van der Waals surface area contributed by atoms with Gasteiger partial charge < -0.3 is 5.73 Å². The van der Waals surface area contributed by atoms with Crippen LogP contribution in [0.3, 0.4) is 0 Å². The molecule has 2 N–H and O–H groups in total. The molecule has 2 heteroatoms. The third-order valence-corrected chi connectivity index (χ3v) is 0.496. The van der Waals surface area contributed by atoms with Gasteiger partial charge in [0.2, 0.25) is 5.91 Å². The van der Waals surface area contributed by atoms with E-state index in [2.05, 4.69) is 0 Å². The van der Waals surface area contributed by atoms with Crippen LogP contribution in [-0.2, 0) is 4.79 Å². The first kappa shape index (κ1) is 10.5. The van der Waals surface area contributed by atoms with Crippen LogP contribution in [0.4, 0.5) is 0 Å². The maximum atomic E-state index is 9.82. The van der Waals surface area contributed by atoms with Gasteiger partial charge in [0, 0.05) is 7.85 Å². The van der Waals surface area contributed by atoms with E-state index in [-0.39, 0.29) is 7.33 Å². The van der Waals surface area contributed by atoms with Crippen molar-refractivity contribution in [3.05, 3.63) is 0 Å². The van der Waals surface area contributed by atoms with Crippen LogP contribution < -0.4 is 5.73 Å². The number of amides is 1. The van der Waals surface area contributed by atoms with E-state index in [1.165, 1.54) is 0 Å². The van der Waals surface area contributed by atoms with Crippen LogP contribution in [0.15, 0.2) is 0 Å². The lowest BCUT2D eigenvalue weighted by Gasteiger charge is -1.81. The largest absolute Gasteiger partial charge is 0.370 e. The molecule has 0 aromatic carbocycles. The van der Waals surface area contributed by atoms with Gasteiger partial charge in [-0.15, -0.1) is 0 Å². The van der Waals surface area contributed by atoms with Crippen molar-refractivity contribution in [2.24, 2.45) is 5.73 Å². The van der Waals surface area contributed by atoms with Crippen molar-refractivity contribution in [1.29, 1.82) is 0 Å². The number of carbonyl (C=O) groups excluding carboxylic acids is 1. The zero-order valence-corrected chi connectivity index (χ0v) is 5.90. The predicted octanol–water partition coefficient (Wildman–Crippen LogP) is 1.54. The summed E-state index contributed by atoms with van der Waals surface area (Å²) in [5.41, 5.74) is 4.76. The van der Waals surface area contributed by atoms with Gasteiger partial charge in [-0.3, -0.25) is 4.79 Å². The number of hydrogen-bond donors (Lipinski definition) is 1. The van der Waals surface area contributed by atoms with Gasteiger partial charge in [0.15, 0.2) is 0 Å². The van der Waals surface area contributed by atoms with Crippen LogP contribution in [-0.4, -0.2) is 5.91 Å². The quantitative estimate of drug-likeness (QED) is 0.588. The van der Waals surface area contributed by atoms with Crippen molar-refractivity contribution < 1.29 is 6.22 Å². The second-order valence-corrected chi connectivity index (χ2v) is 1.22. The molecule has 0 saturated carbocycles. The molecule has 0 saturated heterocycles. The van der Waals surface area contributed by atoms with E-state index in [1.54, 1.807) is 0 Å². The smallest absolute Gasteiger partial charge is 0.217 e. The fraction of sp³-hybridized carbons (Fsp3) is 0.833. The van der Waals surface area contributed by atoms with Gasteiger partial charge in [0.25, 0.3) is 0 Å². The van der Waals surface area contributed by atoms with Gasteiger partial charge in [-0.25, -0.2) is 0 Å². The zero-order chi connectivity index (χ0) is 6.99.